The largest absolute Gasteiger partial charge is 1.00 e. The topological polar surface area (TPSA) is 86.3 Å². The molecule has 0 saturated heterocycles. The molecule has 1 aromatic rings. The molecule has 0 spiro atoms. The molecule has 5 nitrogen and oxygen atoms in total. The Morgan fingerprint density at radius 2 is 1.87 bits per heavy atom. The molecule has 0 aliphatic heterocycles. The van der Waals surface area contributed by atoms with E-state index in [1.54, 1.807) is 0 Å². The molecule has 0 heterocycles. The van der Waals surface area contributed by atoms with Gasteiger partial charge in [0.25, 0.3) is 0 Å². The Labute approximate surface area is 130 Å². The summed E-state index contributed by atoms with van der Waals surface area (Å²) in [5.41, 5.74) is 0.00926. The van der Waals surface area contributed by atoms with Gasteiger partial charge in [-0.25, -0.2) is 8.42 Å². The summed E-state index contributed by atoms with van der Waals surface area (Å²) in [5, 5.41) is 2.26. The van der Waals surface area contributed by atoms with Crippen molar-refractivity contribution < 1.29 is 69.1 Å². The maximum absolute atomic E-state index is 10.7. The third-order valence-electron chi connectivity index (χ3n) is 1.47. The van der Waals surface area contributed by atoms with Crippen LogP contribution in [0.3, 0.4) is 0 Å². The second-order valence-electron chi connectivity index (χ2n) is 2.63. The molecule has 76 valence electrons. The number of para-hydroxylation sites is 1. The predicted octanol–water partition coefficient (Wildman–Crippen LogP) is -2.45. The van der Waals surface area contributed by atoms with E-state index in [4.69, 9.17) is 0 Å². The van der Waals surface area contributed by atoms with Crippen LogP contribution in [0.5, 0.6) is 0 Å². The van der Waals surface area contributed by atoms with Crippen LogP contribution in [0.15, 0.2) is 29.2 Å². The van der Waals surface area contributed by atoms with Gasteiger partial charge in [0.1, 0.15) is 10.1 Å². The smallest absolute Gasteiger partial charge is 0.744 e. The fourth-order valence-electron chi connectivity index (χ4n) is 0.978. The van der Waals surface area contributed by atoms with Gasteiger partial charge in [-0.1, -0.05) is 12.1 Å². The summed E-state index contributed by atoms with van der Waals surface area (Å²) in [7, 11) is -4.54. The zero-order valence-electron chi connectivity index (χ0n) is 8.35. The Hall–Kier alpha value is 0.236. The first-order chi connectivity index (χ1) is 6.41. The van der Waals surface area contributed by atoms with Crippen LogP contribution in [0.25, 0.3) is 0 Å². The summed E-state index contributed by atoms with van der Waals surface area (Å²) >= 11 is 0. The van der Waals surface area contributed by atoms with E-state index in [1.807, 2.05) is 0 Å². The standard InChI is InChI=1S/C8H9NO4S.K/c1-6(10)9-7-4-2-3-5-8(7)14(11,12)13;/h2-5H,1H3,(H,9,10)(H,11,12,13);/q;+1/p-1. The van der Waals surface area contributed by atoms with Gasteiger partial charge in [-0.2, -0.15) is 0 Å². The molecule has 7 heteroatoms. The zero-order valence-corrected chi connectivity index (χ0v) is 12.3. The van der Waals surface area contributed by atoms with Gasteiger partial charge in [-0.15, -0.1) is 0 Å². The zero-order chi connectivity index (χ0) is 10.8. The first kappa shape index (κ1) is 15.2. The molecule has 0 bridgehead atoms. The molecule has 0 radical (unpaired) electrons. The number of nitrogens with one attached hydrogen (secondary N) is 1. The fourth-order valence-corrected chi connectivity index (χ4v) is 1.61. The molecule has 0 saturated carbocycles. The Kier molecular flexibility index (Phi) is 6.19. The second kappa shape index (κ2) is 6.09. The Morgan fingerprint density at radius 3 is 2.33 bits per heavy atom. The average Bonchev–Trinajstić information content (AvgIpc) is 2.01. The number of rotatable bonds is 2. The van der Waals surface area contributed by atoms with E-state index in [1.165, 1.54) is 25.1 Å². The number of hydrogen-bond acceptors (Lipinski definition) is 4. The molecule has 0 fully saturated rings. The van der Waals surface area contributed by atoms with Crippen molar-refractivity contribution in [1.82, 2.24) is 0 Å². The molecule has 0 aromatic heterocycles. The van der Waals surface area contributed by atoms with Gasteiger partial charge in [0.15, 0.2) is 0 Å². The number of carbonyl (C=O) groups excluding carboxylic acids is 1. The molecule has 15 heavy (non-hydrogen) atoms. The Balaban J connectivity index is 0.00000196. The molecule has 0 unspecified atom stereocenters. The molecule has 0 aliphatic rings. The molecule has 1 aromatic carbocycles. The third kappa shape index (κ3) is 4.73. The minimum absolute atomic E-state index is 0. The van der Waals surface area contributed by atoms with Gasteiger partial charge in [-0.05, 0) is 12.1 Å². The Morgan fingerprint density at radius 1 is 1.33 bits per heavy atom. The average molecular weight is 253 g/mol. The summed E-state index contributed by atoms with van der Waals surface area (Å²) in [5.74, 6) is -0.430. The van der Waals surface area contributed by atoms with Crippen molar-refractivity contribution in [3.8, 4) is 0 Å². The minimum Gasteiger partial charge on any atom is -0.744 e. The molecule has 1 N–H and O–H groups in total. The van der Waals surface area contributed by atoms with Crippen molar-refractivity contribution in [1.29, 1.82) is 0 Å². The minimum atomic E-state index is -4.54. The van der Waals surface area contributed by atoms with Crippen LogP contribution >= 0.6 is 0 Å². The van der Waals surface area contributed by atoms with E-state index < -0.39 is 20.9 Å². The molecular weight excluding hydrogens is 245 g/mol. The number of amides is 1. The molecular formula is C8H8KNO4S. The number of benzene rings is 1. The van der Waals surface area contributed by atoms with E-state index in [0.29, 0.717) is 0 Å². The van der Waals surface area contributed by atoms with E-state index >= 15 is 0 Å². The maximum atomic E-state index is 10.7. The summed E-state index contributed by atoms with van der Waals surface area (Å²) in [6.45, 7) is 1.23. The Bertz CT molecular complexity index is 457. The van der Waals surface area contributed by atoms with Crippen LogP contribution in [-0.2, 0) is 14.9 Å². The fraction of sp³-hybridized carbons (Fsp3) is 0.125. The van der Waals surface area contributed by atoms with Crippen LogP contribution < -0.4 is 56.7 Å². The first-order valence-corrected chi connectivity index (χ1v) is 5.14. The van der Waals surface area contributed by atoms with Gasteiger partial charge in [-0.3, -0.25) is 4.79 Å². The summed E-state index contributed by atoms with van der Waals surface area (Å²) in [4.78, 5) is 10.3. The van der Waals surface area contributed by atoms with Crippen LogP contribution in [0.1, 0.15) is 6.92 Å². The summed E-state index contributed by atoms with van der Waals surface area (Å²) in [6.07, 6.45) is 0. The quantitative estimate of drug-likeness (QED) is 0.468. The summed E-state index contributed by atoms with van der Waals surface area (Å²) < 4.78 is 32.2. The maximum Gasteiger partial charge on any atom is 1.00 e. The van der Waals surface area contributed by atoms with Gasteiger partial charge >= 0.3 is 51.4 Å². The van der Waals surface area contributed by atoms with Crippen molar-refractivity contribution in [2.75, 3.05) is 5.32 Å². The van der Waals surface area contributed by atoms with Gasteiger partial charge in [0.2, 0.25) is 5.91 Å². The first-order valence-electron chi connectivity index (χ1n) is 3.74. The van der Waals surface area contributed by atoms with Crippen LogP contribution in [0, 0.1) is 0 Å². The van der Waals surface area contributed by atoms with Crippen molar-refractivity contribution in [3.05, 3.63) is 24.3 Å². The van der Waals surface area contributed by atoms with Crippen LogP contribution in [0.2, 0.25) is 0 Å². The number of carbonyl (C=O) groups is 1. The van der Waals surface area contributed by atoms with Crippen LogP contribution in [-0.4, -0.2) is 18.9 Å². The van der Waals surface area contributed by atoms with E-state index in [2.05, 4.69) is 5.32 Å². The third-order valence-corrected chi connectivity index (χ3v) is 2.36. The number of hydrogen-bond donors (Lipinski definition) is 1. The normalized spacial score (nSPS) is 10.3. The van der Waals surface area contributed by atoms with E-state index in [9.17, 15) is 17.8 Å². The SMILES string of the molecule is CC(=O)Nc1ccccc1S(=O)(=O)[O-].[K+]. The van der Waals surface area contributed by atoms with Crippen molar-refractivity contribution in [3.63, 3.8) is 0 Å². The predicted molar refractivity (Wildman–Crippen MR) is 48.7 cm³/mol. The van der Waals surface area contributed by atoms with E-state index in [0.717, 1.165) is 6.07 Å². The second-order valence-corrected chi connectivity index (χ2v) is 3.98. The molecule has 1 rings (SSSR count). The van der Waals surface area contributed by atoms with E-state index in [-0.39, 0.29) is 57.1 Å². The summed E-state index contributed by atoms with van der Waals surface area (Å²) in [6, 6.07) is 5.44. The van der Waals surface area contributed by atoms with Crippen molar-refractivity contribution in [2.24, 2.45) is 0 Å². The van der Waals surface area contributed by atoms with Crippen LogP contribution in [0.4, 0.5) is 5.69 Å². The molecule has 0 atom stereocenters. The number of anilines is 1. The van der Waals surface area contributed by atoms with Crippen molar-refractivity contribution in [2.45, 2.75) is 11.8 Å². The molecule has 1 amide bonds. The van der Waals surface area contributed by atoms with Gasteiger partial charge in [0.05, 0.1) is 10.6 Å². The van der Waals surface area contributed by atoms with Gasteiger partial charge < -0.3 is 9.87 Å². The van der Waals surface area contributed by atoms with Gasteiger partial charge in [0, 0.05) is 6.92 Å². The molecule has 0 aliphatic carbocycles. The van der Waals surface area contributed by atoms with Crippen molar-refractivity contribution >= 4 is 21.7 Å². The monoisotopic (exact) mass is 253 g/mol.